The van der Waals surface area contributed by atoms with Crippen LogP contribution in [0.15, 0.2) is 69.0 Å². The standard InChI is InChI=1S/C19H17N5O4/c25-18(7-6-17-22-19(23-28-17)14-4-2-1-3-5-14)24(8-15-10-26-12-20-15)9-16-11-27-13-21-16/h1-5,10-13H,6-9H2. The van der Waals surface area contributed by atoms with Gasteiger partial charge in [0.2, 0.25) is 17.6 Å². The smallest absolute Gasteiger partial charge is 0.227 e. The maximum Gasteiger partial charge on any atom is 0.227 e. The zero-order valence-electron chi connectivity index (χ0n) is 14.9. The molecular formula is C19H17N5O4. The number of carbonyl (C=O) groups excluding carboxylic acids is 1. The Morgan fingerprint density at radius 2 is 1.64 bits per heavy atom. The van der Waals surface area contributed by atoms with Gasteiger partial charge in [-0.05, 0) is 0 Å². The number of carbonyl (C=O) groups is 1. The first-order valence-corrected chi connectivity index (χ1v) is 8.68. The first kappa shape index (κ1) is 17.7. The molecule has 4 aromatic rings. The van der Waals surface area contributed by atoms with E-state index in [1.807, 2.05) is 30.3 Å². The quantitative estimate of drug-likeness (QED) is 0.459. The average Bonchev–Trinajstić information content (AvgIpc) is 3.49. The maximum absolute atomic E-state index is 12.8. The Balaban J connectivity index is 1.40. The van der Waals surface area contributed by atoms with Crippen LogP contribution >= 0.6 is 0 Å². The summed E-state index contributed by atoms with van der Waals surface area (Å²) in [7, 11) is 0. The van der Waals surface area contributed by atoms with Crippen LogP contribution in [-0.4, -0.2) is 30.9 Å². The first-order valence-electron chi connectivity index (χ1n) is 8.68. The van der Waals surface area contributed by atoms with Gasteiger partial charge in [0.15, 0.2) is 12.8 Å². The predicted octanol–water partition coefficient (Wildman–Crippen LogP) is 2.87. The summed E-state index contributed by atoms with van der Waals surface area (Å²) in [4.78, 5) is 26.9. The lowest BCUT2D eigenvalue weighted by Crippen LogP contribution is -2.30. The molecule has 0 N–H and O–H groups in total. The van der Waals surface area contributed by atoms with Crippen molar-refractivity contribution in [2.45, 2.75) is 25.9 Å². The topological polar surface area (TPSA) is 111 Å². The van der Waals surface area contributed by atoms with E-state index in [1.165, 1.54) is 25.3 Å². The fourth-order valence-electron chi connectivity index (χ4n) is 2.69. The minimum absolute atomic E-state index is 0.0922. The molecule has 28 heavy (non-hydrogen) atoms. The van der Waals surface area contributed by atoms with Crippen molar-refractivity contribution in [1.29, 1.82) is 0 Å². The molecule has 9 nitrogen and oxygen atoms in total. The lowest BCUT2D eigenvalue weighted by atomic mass is 10.2. The molecule has 0 bridgehead atoms. The van der Waals surface area contributed by atoms with E-state index in [0.717, 1.165) is 5.56 Å². The van der Waals surface area contributed by atoms with Crippen LogP contribution < -0.4 is 0 Å². The molecule has 0 spiro atoms. The molecule has 0 aliphatic carbocycles. The molecule has 0 fully saturated rings. The van der Waals surface area contributed by atoms with Crippen molar-refractivity contribution in [3.8, 4) is 11.4 Å². The molecule has 0 saturated heterocycles. The summed E-state index contributed by atoms with van der Waals surface area (Å²) in [6.45, 7) is 0.614. The Bertz CT molecular complexity index is 960. The van der Waals surface area contributed by atoms with Gasteiger partial charge in [-0.15, -0.1) is 0 Å². The SMILES string of the molecule is O=C(CCc1nc(-c2ccccc2)no1)N(Cc1cocn1)Cc1cocn1. The highest BCUT2D eigenvalue weighted by Gasteiger charge is 2.19. The zero-order valence-corrected chi connectivity index (χ0v) is 14.9. The van der Waals surface area contributed by atoms with Crippen LogP contribution in [0, 0.1) is 0 Å². The number of oxazole rings is 2. The lowest BCUT2D eigenvalue weighted by molar-refractivity contribution is -0.132. The Hall–Kier alpha value is -3.75. The molecule has 3 aromatic heterocycles. The van der Waals surface area contributed by atoms with E-state index < -0.39 is 0 Å². The van der Waals surface area contributed by atoms with Crippen molar-refractivity contribution < 1.29 is 18.2 Å². The third kappa shape index (κ3) is 4.32. The van der Waals surface area contributed by atoms with Crippen LogP contribution in [0.3, 0.4) is 0 Å². The largest absolute Gasteiger partial charge is 0.451 e. The highest BCUT2D eigenvalue weighted by atomic mass is 16.5. The summed E-state index contributed by atoms with van der Waals surface area (Å²) in [6.07, 6.45) is 6.23. The van der Waals surface area contributed by atoms with E-state index in [2.05, 4.69) is 20.1 Å². The zero-order chi connectivity index (χ0) is 19.2. The Labute approximate surface area is 160 Å². The van der Waals surface area contributed by atoms with Crippen molar-refractivity contribution in [1.82, 2.24) is 25.0 Å². The number of aryl methyl sites for hydroxylation is 1. The molecule has 0 aliphatic rings. The number of benzene rings is 1. The van der Waals surface area contributed by atoms with Crippen molar-refractivity contribution in [2.75, 3.05) is 0 Å². The normalized spacial score (nSPS) is 10.9. The monoisotopic (exact) mass is 379 g/mol. The second-order valence-corrected chi connectivity index (χ2v) is 6.09. The molecular weight excluding hydrogens is 362 g/mol. The van der Waals surface area contributed by atoms with Gasteiger partial charge in [0.25, 0.3) is 0 Å². The van der Waals surface area contributed by atoms with Crippen LogP contribution in [0.1, 0.15) is 23.7 Å². The number of hydrogen-bond donors (Lipinski definition) is 0. The fourth-order valence-corrected chi connectivity index (χ4v) is 2.69. The summed E-state index contributed by atoms with van der Waals surface area (Å²) in [5, 5.41) is 3.98. The average molecular weight is 379 g/mol. The van der Waals surface area contributed by atoms with Crippen LogP contribution in [0.5, 0.6) is 0 Å². The van der Waals surface area contributed by atoms with E-state index in [9.17, 15) is 4.79 Å². The van der Waals surface area contributed by atoms with E-state index >= 15 is 0 Å². The first-order chi connectivity index (χ1) is 13.8. The third-order valence-electron chi connectivity index (χ3n) is 4.08. The Morgan fingerprint density at radius 1 is 0.964 bits per heavy atom. The van der Waals surface area contributed by atoms with E-state index in [4.69, 9.17) is 13.4 Å². The second kappa shape index (κ2) is 8.30. The molecule has 0 saturated carbocycles. The highest BCUT2D eigenvalue weighted by Crippen LogP contribution is 2.16. The molecule has 0 unspecified atom stereocenters. The van der Waals surface area contributed by atoms with Crippen LogP contribution in [0.4, 0.5) is 0 Å². The van der Waals surface area contributed by atoms with Gasteiger partial charge in [0.1, 0.15) is 12.5 Å². The van der Waals surface area contributed by atoms with Crippen LogP contribution in [-0.2, 0) is 24.3 Å². The molecule has 142 valence electrons. The van der Waals surface area contributed by atoms with E-state index in [1.54, 1.807) is 4.90 Å². The Morgan fingerprint density at radius 3 is 2.25 bits per heavy atom. The summed E-state index contributed by atoms with van der Waals surface area (Å²) in [5.74, 6) is 0.825. The fraction of sp³-hybridized carbons (Fsp3) is 0.211. The number of nitrogens with zero attached hydrogens (tertiary/aromatic N) is 5. The molecule has 0 radical (unpaired) electrons. The third-order valence-corrected chi connectivity index (χ3v) is 4.08. The molecule has 0 atom stereocenters. The summed E-state index contributed by atoms with van der Waals surface area (Å²) in [6, 6.07) is 9.53. The van der Waals surface area contributed by atoms with Gasteiger partial charge < -0.3 is 18.3 Å². The highest BCUT2D eigenvalue weighted by molar-refractivity contribution is 5.76. The van der Waals surface area contributed by atoms with Gasteiger partial charge in [-0.25, -0.2) is 9.97 Å². The minimum atomic E-state index is -0.0922. The van der Waals surface area contributed by atoms with Crippen LogP contribution in [0.25, 0.3) is 11.4 Å². The van der Waals surface area contributed by atoms with E-state index in [-0.39, 0.29) is 12.3 Å². The predicted molar refractivity (Wildman–Crippen MR) is 95.3 cm³/mol. The molecule has 1 aromatic carbocycles. The van der Waals surface area contributed by atoms with Crippen molar-refractivity contribution in [2.24, 2.45) is 0 Å². The number of amides is 1. The molecule has 9 heteroatoms. The molecule has 3 heterocycles. The van der Waals surface area contributed by atoms with Gasteiger partial charge >= 0.3 is 0 Å². The van der Waals surface area contributed by atoms with Crippen LogP contribution in [0.2, 0.25) is 0 Å². The van der Waals surface area contributed by atoms with Gasteiger partial charge in [-0.1, -0.05) is 35.5 Å². The summed E-state index contributed by atoms with van der Waals surface area (Å²) in [5.41, 5.74) is 2.17. The molecule has 1 amide bonds. The maximum atomic E-state index is 12.8. The van der Waals surface area contributed by atoms with Crippen molar-refractivity contribution >= 4 is 5.91 Å². The number of aromatic nitrogens is 4. The van der Waals surface area contributed by atoms with Gasteiger partial charge in [-0.3, -0.25) is 4.79 Å². The van der Waals surface area contributed by atoms with Gasteiger partial charge in [-0.2, -0.15) is 4.98 Å². The Kier molecular flexibility index (Phi) is 5.23. The summed E-state index contributed by atoms with van der Waals surface area (Å²) < 4.78 is 15.3. The number of hydrogen-bond acceptors (Lipinski definition) is 8. The van der Waals surface area contributed by atoms with Crippen molar-refractivity contribution in [3.05, 3.63) is 72.9 Å². The minimum Gasteiger partial charge on any atom is -0.451 e. The van der Waals surface area contributed by atoms with E-state index in [0.29, 0.717) is 42.6 Å². The molecule has 0 aliphatic heterocycles. The second-order valence-electron chi connectivity index (χ2n) is 6.09. The summed E-state index contributed by atoms with van der Waals surface area (Å²) >= 11 is 0. The number of rotatable bonds is 8. The van der Waals surface area contributed by atoms with Gasteiger partial charge in [0, 0.05) is 18.4 Å². The molecule has 4 rings (SSSR count). The lowest BCUT2D eigenvalue weighted by Gasteiger charge is -2.20. The van der Waals surface area contributed by atoms with Crippen molar-refractivity contribution in [3.63, 3.8) is 0 Å². The van der Waals surface area contributed by atoms with Gasteiger partial charge in [0.05, 0.1) is 24.5 Å².